The van der Waals surface area contributed by atoms with Crippen molar-refractivity contribution in [1.29, 1.82) is 0 Å². The van der Waals surface area contributed by atoms with Crippen LogP contribution in [0.25, 0.3) is 0 Å². The van der Waals surface area contributed by atoms with Gasteiger partial charge in [0.2, 0.25) is 11.8 Å². The van der Waals surface area contributed by atoms with Gasteiger partial charge in [-0.25, -0.2) is 0 Å². The first-order valence-corrected chi connectivity index (χ1v) is 7.02. The van der Waals surface area contributed by atoms with Gasteiger partial charge < -0.3 is 0 Å². The number of imide groups is 1. The van der Waals surface area contributed by atoms with Crippen LogP contribution in [0, 0.1) is 17.8 Å². The highest BCUT2D eigenvalue weighted by Gasteiger charge is 2.50. The summed E-state index contributed by atoms with van der Waals surface area (Å²) in [6.07, 6.45) is -0.326. The van der Waals surface area contributed by atoms with E-state index in [2.05, 4.69) is 0 Å². The van der Waals surface area contributed by atoms with Crippen molar-refractivity contribution in [3.8, 4) is 0 Å². The summed E-state index contributed by atoms with van der Waals surface area (Å²) >= 11 is 0. The molecule has 1 fully saturated rings. The topological polar surface area (TPSA) is 37.4 Å². The second-order valence-corrected chi connectivity index (χ2v) is 5.72. The minimum absolute atomic E-state index is 0.00794. The fraction of sp³-hybridized carbons (Fsp3) is 0.375. The van der Waals surface area contributed by atoms with Crippen molar-refractivity contribution < 1.29 is 22.8 Å². The molecule has 0 unspecified atom stereocenters. The third kappa shape index (κ3) is 2.23. The van der Waals surface area contributed by atoms with Crippen LogP contribution in [-0.2, 0) is 15.8 Å². The van der Waals surface area contributed by atoms with Crippen LogP contribution in [0.5, 0.6) is 0 Å². The Bertz CT molecular complexity index is 666. The van der Waals surface area contributed by atoms with Crippen molar-refractivity contribution in [2.45, 2.75) is 19.5 Å². The van der Waals surface area contributed by atoms with Crippen molar-refractivity contribution in [3.05, 3.63) is 42.0 Å². The van der Waals surface area contributed by atoms with Gasteiger partial charge in [0.1, 0.15) is 0 Å². The van der Waals surface area contributed by atoms with Gasteiger partial charge in [0.15, 0.2) is 0 Å². The molecule has 1 saturated heterocycles. The molecule has 22 heavy (non-hydrogen) atoms. The first-order valence-electron chi connectivity index (χ1n) is 7.02. The summed E-state index contributed by atoms with van der Waals surface area (Å²) < 4.78 is 38.4. The second kappa shape index (κ2) is 4.97. The molecule has 3 nitrogen and oxygen atoms in total. The summed E-state index contributed by atoms with van der Waals surface area (Å²) in [6, 6.07) is 4.35. The largest absolute Gasteiger partial charge is 0.416 e. The highest BCUT2D eigenvalue weighted by Crippen LogP contribution is 2.41. The Balaban J connectivity index is 2.00. The summed E-state index contributed by atoms with van der Waals surface area (Å²) in [5.41, 5.74) is -0.877. The molecule has 2 aliphatic rings. The Kier molecular flexibility index (Phi) is 3.34. The van der Waals surface area contributed by atoms with E-state index >= 15 is 0 Å². The predicted octanol–water partition coefficient (Wildman–Crippen LogP) is 3.41. The number of carbonyl (C=O) groups is 2. The van der Waals surface area contributed by atoms with E-state index in [4.69, 9.17) is 0 Å². The van der Waals surface area contributed by atoms with Crippen molar-refractivity contribution in [2.24, 2.45) is 17.8 Å². The predicted molar refractivity (Wildman–Crippen MR) is 73.8 cm³/mol. The normalized spacial score (nSPS) is 28.2. The van der Waals surface area contributed by atoms with Crippen LogP contribution in [0.4, 0.5) is 18.9 Å². The minimum atomic E-state index is -4.51. The van der Waals surface area contributed by atoms with Gasteiger partial charge in [0.25, 0.3) is 0 Å². The molecule has 1 aromatic rings. The van der Waals surface area contributed by atoms with Gasteiger partial charge in [0, 0.05) is 0 Å². The Labute approximate surface area is 125 Å². The summed E-state index contributed by atoms with van der Waals surface area (Å²) in [4.78, 5) is 25.9. The quantitative estimate of drug-likeness (QED) is 0.589. The van der Waals surface area contributed by atoms with Crippen LogP contribution in [0.2, 0.25) is 0 Å². The van der Waals surface area contributed by atoms with Crippen LogP contribution < -0.4 is 4.90 Å². The third-order valence-corrected chi connectivity index (χ3v) is 4.30. The molecule has 3 rings (SSSR count). The van der Waals surface area contributed by atoms with Crippen LogP contribution in [0.1, 0.15) is 18.9 Å². The summed E-state index contributed by atoms with van der Waals surface area (Å²) in [6.45, 7) is 1.84. The number of allylic oxidation sites excluding steroid dienone is 2. The number of anilines is 1. The lowest BCUT2D eigenvalue weighted by atomic mass is 9.78. The van der Waals surface area contributed by atoms with Gasteiger partial charge in [-0.05, 0) is 30.5 Å². The molecule has 0 aromatic heterocycles. The van der Waals surface area contributed by atoms with Gasteiger partial charge >= 0.3 is 6.18 Å². The van der Waals surface area contributed by atoms with Crippen LogP contribution in [-0.4, -0.2) is 11.8 Å². The molecule has 6 heteroatoms. The molecule has 3 atom stereocenters. The molecular formula is C16H14F3NO2. The average Bonchev–Trinajstić information content (AvgIpc) is 2.71. The lowest BCUT2D eigenvalue weighted by Crippen LogP contribution is -2.31. The van der Waals surface area contributed by atoms with Crippen molar-refractivity contribution in [1.82, 2.24) is 0 Å². The first-order chi connectivity index (χ1) is 10.3. The highest BCUT2D eigenvalue weighted by atomic mass is 19.4. The number of carbonyl (C=O) groups excluding carboxylic acids is 2. The van der Waals surface area contributed by atoms with Gasteiger partial charge in [-0.2, -0.15) is 13.2 Å². The van der Waals surface area contributed by atoms with E-state index in [0.717, 1.165) is 17.0 Å². The number of hydrogen-bond acceptors (Lipinski definition) is 2. The fourth-order valence-corrected chi connectivity index (χ4v) is 3.22. The second-order valence-electron chi connectivity index (χ2n) is 5.72. The number of benzene rings is 1. The molecular weight excluding hydrogens is 295 g/mol. The summed E-state index contributed by atoms with van der Waals surface area (Å²) in [7, 11) is 0. The lowest BCUT2D eigenvalue weighted by molar-refractivity contribution is -0.137. The molecule has 1 aliphatic carbocycles. The van der Waals surface area contributed by atoms with Gasteiger partial charge in [-0.15, -0.1) is 0 Å². The van der Waals surface area contributed by atoms with Crippen molar-refractivity contribution in [3.63, 3.8) is 0 Å². The number of halogens is 3. The van der Waals surface area contributed by atoms with E-state index in [1.54, 1.807) is 0 Å². The monoisotopic (exact) mass is 309 g/mol. The fourth-order valence-electron chi connectivity index (χ4n) is 3.22. The lowest BCUT2D eigenvalue weighted by Gasteiger charge is -2.22. The number of rotatable bonds is 1. The minimum Gasteiger partial charge on any atom is -0.274 e. The van der Waals surface area contributed by atoms with E-state index in [9.17, 15) is 22.8 Å². The molecule has 1 aliphatic heterocycles. The Morgan fingerprint density at radius 2 is 1.91 bits per heavy atom. The maximum atomic E-state index is 12.8. The van der Waals surface area contributed by atoms with Gasteiger partial charge in [0.05, 0.1) is 23.1 Å². The maximum Gasteiger partial charge on any atom is 0.416 e. The van der Waals surface area contributed by atoms with Crippen molar-refractivity contribution in [2.75, 3.05) is 4.90 Å². The number of nitrogens with zero attached hydrogens (tertiary/aromatic N) is 1. The van der Waals surface area contributed by atoms with Crippen LogP contribution in [0.3, 0.4) is 0 Å². The van der Waals surface area contributed by atoms with E-state index < -0.39 is 35.4 Å². The van der Waals surface area contributed by atoms with E-state index in [1.165, 1.54) is 12.1 Å². The standard InChI is InChI=1S/C16H14F3NO2/c1-9-4-2-7-12-13(9)15(22)20(14(12)21)11-6-3-5-10(8-11)16(17,18)19/h2-6,8-9,12-13H,7H2,1H3/t9-,12-,13+/m0/s1. The smallest absolute Gasteiger partial charge is 0.274 e. The van der Waals surface area contributed by atoms with E-state index in [1.807, 2.05) is 19.1 Å². The molecule has 0 radical (unpaired) electrons. The number of fused-ring (bicyclic) bond motifs is 1. The first kappa shape index (κ1) is 14.8. The zero-order chi connectivity index (χ0) is 16.1. The summed E-state index contributed by atoms with van der Waals surface area (Å²) in [5.74, 6) is -1.86. The molecule has 0 spiro atoms. The van der Waals surface area contributed by atoms with Gasteiger partial charge in [-0.1, -0.05) is 25.1 Å². The molecule has 1 heterocycles. The molecule has 2 amide bonds. The highest BCUT2D eigenvalue weighted by molar-refractivity contribution is 6.22. The molecule has 1 aromatic carbocycles. The number of amides is 2. The maximum absolute atomic E-state index is 12.8. The SMILES string of the molecule is C[C@H]1C=CC[C@@H]2C(=O)N(c3cccc(C(F)(F)F)c3)C(=O)[C@@H]21. The Morgan fingerprint density at radius 3 is 2.55 bits per heavy atom. The zero-order valence-electron chi connectivity index (χ0n) is 11.8. The molecule has 0 saturated carbocycles. The van der Waals surface area contributed by atoms with E-state index in [0.29, 0.717) is 6.42 Å². The van der Waals surface area contributed by atoms with Gasteiger partial charge in [-0.3, -0.25) is 14.5 Å². The number of hydrogen-bond donors (Lipinski definition) is 0. The Hall–Kier alpha value is -2.11. The molecule has 0 bridgehead atoms. The van der Waals surface area contributed by atoms with Crippen LogP contribution in [0.15, 0.2) is 36.4 Å². The zero-order valence-corrected chi connectivity index (χ0v) is 11.8. The number of alkyl halides is 3. The van der Waals surface area contributed by atoms with Crippen LogP contribution >= 0.6 is 0 Å². The molecule has 0 N–H and O–H groups in total. The van der Waals surface area contributed by atoms with E-state index in [-0.39, 0.29) is 11.6 Å². The summed E-state index contributed by atoms with van der Waals surface area (Å²) in [5, 5.41) is 0. The van der Waals surface area contributed by atoms with Crippen molar-refractivity contribution >= 4 is 17.5 Å². The molecule has 116 valence electrons. The average molecular weight is 309 g/mol. The Morgan fingerprint density at radius 1 is 1.18 bits per heavy atom. The third-order valence-electron chi connectivity index (χ3n) is 4.30.